The predicted octanol–water partition coefficient (Wildman–Crippen LogP) is 3.96. The third-order valence-electron chi connectivity index (χ3n) is 3.41. The Morgan fingerprint density at radius 2 is 2.26 bits per heavy atom. The van der Waals surface area contributed by atoms with Crippen molar-refractivity contribution >= 4 is 27.5 Å². The number of nitrogens with one attached hydrogen (secondary N) is 1. The number of hydrogen-bond acceptors (Lipinski definition) is 2. The summed E-state index contributed by atoms with van der Waals surface area (Å²) in [6, 6.07) is 4.09. The second kappa shape index (κ2) is 6.53. The zero-order chi connectivity index (χ0) is 13.8. The average molecular weight is 326 g/mol. The fourth-order valence-corrected chi connectivity index (χ4v) is 3.21. The van der Waals surface area contributed by atoms with E-state index < -0.39 is 0 Å². The van der Waals surface area contributed by atoms with E-state index >= 15 is 0 Å². The molecule has 0 saturated carbocycles. The molecule has 2 rings (SSSR count). The van der Waals surface area contributed by atoms with E-state index in [2.05, 4.69) is 27.3 Å². The summed E-state index contributed by atoms with van der Waals surface area (Å²) >= 11 is 3.50. The largest absolute Gasteiger partial charge is 0.378 e. The van der Waals surface area contributed by atoms with Crippen molar-refractivity contribution in [2.24, 2.45) is 0 Å². The molecule has 1 amide bonds. The number of carbonyl (C=O) groups excluding carboxylic acids is 1. The van der Waals surface area contributed by atoms with E-state index in [0.29, 0.717) is 6.42 Å². The van der Waals surface area contributed by atoms with Crippen molar-refractivity contribution in [2.75, 3.05) is 11.9 Å². The van der Waals surface area contributed by atoms with E-state index in [1.54, 1.807) is 0 Å². The molecule has 1 aromatic rings. The molecule has 19 heavy (non-hydrogen) atoms. The molecular weight excluding hydrogens is 306 g/mol. The lowest BCUT2D eigenvalue weighted by Gasteiger charge is -2.13. The van der Waals surface area contributed by atoms with Crippen LogP contribution in [0.2, 0.25) is 0 Å². The molecule has 0 aliphatic carbocycles. The SMILES string of the molecule is Cc1cc(C)c(NC(=O)CCC2CCCO2)c(Br)c1. The van der Waals surface area contributed by atoms with Crippen molar-refractivity contribution in [1.82, 2.24) is 0 Å². The van der Waals surface area contributed by atoms with Crippen LogP contribution >= 0.6 is 15.9 Å². The Labute approximate surface area is 122 Å². The number of anilines is 1. The van der Waals surface area contributed by atoms with Gasteiger partial charge in [0.2, 0.25) is 5.91 Å². The van der Waals surface area contributed by atoms with Crippen LogP contribution in [0.5, 0.6) is 0 Å². The number of amides is 1. The molecular formula is C15H20BrNO2. The van der Waals surface area contributed by atoms with Crippen molar-refractivity contribution in [2.45, 2.75) is 45.6 Å². The van der Waals surface area contributed by atoms with Gasteiger partial charge in [0.25, 0.3) is 0 Å². The Bertz CT molecular complexity index is 444. The predicted molar refractivity (Wildman–Crippen MR) is 80.5 cm³/mol. The minimum absolute atomic E-state index is 0.0585. The molecule has 1 aliphatic rings. The normalized spacial score (nSPS) is 18.6. The quantitative estimate of drug-likeness (QED) is 0.909. The first-order valence-electron chi connectivity index (χ1n) is 6.74. The standard InChI is InChI=1S/C15H20BrNO2/c1-10-8-11(2)15(13(16)9-10)17-14(18)6-5-12-4-3-7-19-12/h8-9,12H,3-7H2,1-2H3,(H,17,18). The van der Waals surface area contributed by atoms with Crippen molar-refractivity contribution in [3.63, 3.8) is 0 Å². The maximum Gasteiger partial charge on any atom is 0.224 e. The van der Waals surface area contributed by atoms with Gasteiger partial charge in [-0.1, -0.05) is 6.07 Å². The molecule has 1 N–H and O–H groups in total. The van der Waals surface area contributed by atoms with E-state index in [0.717, 1.165) is 41.6 Å². The summed E-state index contributed by atoms with van der Waals surface area (Å²) in [6.45, 7) is 4.89. The van der Waals surface area contributed by atoms with Crippen LogP contribution in [-0.2, 0) is 9.53 Å². The first-order valence-corrected chi connectivity index (χ1v) is 7.54. The fraction of sp³-hybridized carbons (Fsp3) is 0.533. The summed E-state index contributed by atoms with van der Waals surface area (Å²) in [7, 11) is 0. The lowest BCUT2D eigenvalue weighted by atomic mass is 10.1. The number of ether oxygens (including phenoxy) is 1. The fourth-order valence-electron chi connectivity index (χ4n) is 2.44. The highest BCUT2D eigenvalue weighted by atomic mass is 79.9. The zero-order valence-corrected chi connectivity index (χ0v) is 13.0. The molecule has 1 aromatic carbocycles. The van der Waals surface area contributed by atoms with E-state index in [1.807, 2.05) is 19.9 Å². The number of rotatable bonds is 4. The molecule has 1 fully saturated rings. The van der Waals surface area contributed by atoms with Gasteiger partial charge >= 0.3 is 0 Å². The molecule has 0 bridgehead atoms. The summed E-state index contributed by atoms with van der Waals surface area (Å²) in [5.74, 6) is 0.0585. The van der Waals surface area contributed by atoms with Crippen LogP contribution in [0.4, 0.5) is 5.69 Å². The minimum Gasteiger partial charge on any atom is -0.378 e. The van der Waals surface area contributed by atoms with Crippen molar-refractivity contribution in [3.05, 3.63) is 27.7 Å². The van der Waals surface area contributed by atoms with Crippen molar-refractivity contribution in [1.29, 1.82) is 0 Å². The molecule has 1 aliphatic heterocycles. The van der Waals surface area contributed by atoms with Gasteiger partial charge in [-0.25, -0.2) is 0 Å². The average Bonchev–Trinajstić information content (AvgIpc) is 2.84. The van der Waals surface area contributed by atoms with Gasteiger partial charge in [-0.2, -0.15) is 0 Å². The Morgan fingerprint density at radius 1 is 1.47 bits per heavy atom. The van der Waals surface area contributed by atoms with E-state index in [1.165, 1.54) is 5.56 Å². The lowest BCUT2D eigenvalue weighted by Crippen LogP contribution is -2.16. The Hall–Kier alpha value is -0.870. The second-order valence-electron chi connectivity index (χ2n) is 5.16. The molecule has 1 unspecified atom stereocenters. The first kappa shape index (κ1) is 14.5. The van der Waals surface area contributed by atoms with Gasteiger partial charge in [0.1, 0.15) is 0 Å². The Kier molecular flexibility index (Phi) is 4.99. The van der Waals surface area contributed by atoms with E-state index in [9.17, 15) is 4.79 Å². The van der Waals surface area contributed by atoms with Crippen molar-refractivity contribution in [3.8, 4) is 0 Å². The molecule has 0 radical (unpaired) electrons. The number of hydrogen-bond donors (Lipinski definition) is 1. The van der Waals surface area contributed by atoms with Gasteiger partial charge < -0.3 is 10.1 Å². The van der Waals surface area contributed by atoms with E-state index in [-0.39, 0.29) is 12.0 Å². The van der Waals surface area contributed by atoms with Crippen LogP contribution in [0.15, 0.2) is 16.6 Å². The zero-order valence-electron chi connectivity index (χ0n) is 11.5. The molecule has 0 aromatic heterocycles. The lowest BCUT2D eigenvalue weighted by molar-refractivity contribution is -0.116. The van der Waals surface area contributed by atoms with Gasteiger partial charge in [-0.3, -0.25) is 4.79 Å². The van der Waals surface area contributed by atoms with Gasteiger partial charge in [-0.15, -0.1) is 0 Å². The minimum atomic E-state index is 0.0585. The van der Waals surface area contributed by atoms with Crippen LogP contribution in [0, 0.1) is 13.8 Å². The van der Waals surface area contributed by atoms with Gasteiger partial charge in [0.05, 0.1) is 11.8 Å². The number of carbonyl (C=O) groups is 1. The summed E-state index contributed by atoms with van der Waals surface area (Å²) in [5, 5.41) is 2.99. The highest BCUT2D eigenvalue weighted by Crippen LogP contribution is 2.28. The van der Waals surface area contributed by atoms with Crippen LogP contribution in [0.1, 0.15) is 36.8 Å². The van der Waals surface area contributed by atoms with Crippen LogP contribution in [-0.4, -0.2) is 18.6 Å². The van der Waals surface area contributed by atoms with Crippen LogP contribution in [0.3, 0.4) is 0 Å². The Morgan fingerprint density at radius 3 is 2.89 bits per heavy atom. The summed E-state index contributed by atoms with van der Waals surface area (Å²) < 4.78 is 6.47. The first-order chi connectivity index (χ1) is 9.06. The molecule has 1 saturated heterocycles. The summed E-state index contributed by atoms with van der Waals surface area (Å²) in [6.07, 6.45) is 3.81. The van der Waals surface area contributed by atoms with Crippen molar-refractivity contribution < 1.29 is 9.53 Å². The summed E-state index contributed by atoms with van der Waals surface area (Å²) in [5.41, 5.74) is 3.14. The highest BCUT2D eigenvalue weighted by molar-refractivity contribution is 9.10. The van der Waals surface area contributed by atoms with Crippen LogP contribution in [0.25, 0.3) is 0 Å². The number of benzene rings is 1. The molecule has 4 heteroatoms. The second-order valence-corrected chi connectivity index (χ2v) is 6.01. The molecule has 1 atom stereocenters. The topological polar surface area (TPSA) is 38.3 Å². The van der Waals surface area contributed by atoms with Crippen LogP contribution < -0.4 is 5.32 Å². The van der Waals surface area contributed by atoms with E-state index in [4.69, 9.17) is 4.74 Å². The molecule has 3 nitrogen and oxygen atoms in total. The molecule has 1 heterocycles. The third kappa shape index (κ3) is 4.05. The summed E-state index contributed by atoms with van der Waals surface area (Å²) in [4.78, 5) is 12.0. The molecule has 104 valence electrons. The maximum absolute atomic E-state index is 12.0. The van der Waals surface area contributed by atoms with Gasteiger partial charge in [0.15, 0.2) is 0 Å². The smallest absolute Gasteiger partial charge is 0.224 e. The third-order valence-corrected chi connectivity index (χ3v) is 4.04. The molecule has 0 spiro atoms. The maximum atomic E-state index is 12.0. The highest BCUT2D eigenvalue weighted by Gasteiger charge is 2.17. The monoisotopic (exact) mass is 325 g/mol. The van der Waals surface area contributed by atoms with Gasteiger partial charge in [-0.05, 0) is 66.2 Å². The van der Waals surface area contributed by atoms with Gasteiger partial charge in [0, 0.05) is 17.5 Å². The number of aryl methyl sites for hydroxylation is 2. The number of halogens is 1. The Balaban J connectivity index is 1.91.